The summed E-state index contributed by atoms with van der Waals surface area (Å²) in [4.78, 5) is 9.02. The SMILES string of the molecule is C[SiH](O)CCC(N)CCN.[NaH].[NaH]. The van der Waals surface area contributed by atoms with E-state index < -0.39 is 9.04 Å². The molecule has 2 atom stereocenters. The average molecular weight is 210 g/mol. The molecule has 0 aliphatic rings. The molecule has 12 heavy (non-hydrogen) atoms. The topological polar surface area (TPSA) is 72.3 Å². The van der Waals surface area contributed by atoms with E-state index in [1.54, 1.807) is 0 Å². The van der Waals surface area contributed by atoms with Crippen molar-refractivity contribution in [3.63, 3.8) is 0 Å². The molecule has 3 nitrogen and oxygen atoms in total. The second-order valence-corrected chi connectivity index (χ2v) is 5.04. The third-order valence-corrected chi connectivity index (χ3v) is 2.66. The molecule has 0 saturated heterocycles. The molecule has 5 N–H and O–H groups in total. The summed E-state index contributed by atoms with van der Waals surface area (Å²) in [5.74, 6) is 0. The summed E-state index contributed by atoms with van der Waals surface area (Å²) in [7, 11) is -1.37. The van der Waals surface area contributed by atoms with Crippen molar-refractivity contribution in [1.29, 1.82) is 0 Å². The van der Waals surface area contributed by atoms with Crippen molar-refractivity contribution >= 4 is 68.2 Å². The molecule has 0 aliphatic heterocycles. The summed E-state index contributed by atoms with van der Waals surface area (Å²) in [6.45, 7) is 2.57. The molecule has 0 spiro atoms. The molecule has 0 aromatic heterocycles. The van der Waals surface area contributed by atoms with Crippen LogP contribution >= 0.6 is 0 Å². The van der Waals surface area contributed by atoms with Gasteiger partial charge in [0.15, 0.2) is 9.04 Å². The van der Waals surface area contributed by atoms with Crippen LogP contribution in [-0.2, 0) is 0 Å². The molecule has 0 aromatic carbocycles. The Morgan fingerprint density at radius 1 is 1.33 bits per heavy atom. The van der Waals surface area contributed by atoms with Crippen molar-refractivity contribution in [1.82, 2.24) is 0 Å². The standard InChI is InChI=1S/C6H18N2OSi.2Na.2H/c1-10(9)5-3-6(8)2-4-7;;;;/h6,9-10H,2-5,7-8H2,1H3;;;;. The van der Waals surface area contributed by atoms with Gasteiger partial charge in [-0.2, -0.15) is 0 Å². The molecule has 0 bridgehead atoms. The summed E-state index contributed by atoms with van der Waals surface area (Å²) in [5, 5.41) is 0. The Bertz CT molecular complexity index is 87.9. The molecule has 0 aliphatic carbocycles. The Balaban J connectivity index is -0.000000405. The summed E-state index contributed by atoms with van der Waals surface area (Å²) in [6, 6.07) is 1.12. The first kappa shape index (κ1) is 19.6. The molecule has 66 valence electrons. The molecule has 2 unspecified atom stereocenters. The number of nitrogens with two attached hydrogens (primary N) is 2. The third-order valence-electron chi connectivity index (χ3n) is 1.49. The van der Waals surface area contributed by atoms with Crippen molar-refractivity contribution in [2.45, 2.75) is 31.5 Å². The predicted molar refractivity (Wildman–Crippen MR) is 60.6 cm³/mol. The van der Waals surface area contributed by atoms with Crippen molar-refractivity contribution < 1.29 is 4.80 Å². The van der Waals surface area contributed by atoms with Gasteiger partial charge in [-0.3, -0.25) is 0 Å². The van der Waals surface area contributed by atoms with Gasteiger partial charge >= 0.3 is 59.1 Å². The molecule has 0 heterocycles. The second-order valence-electron chi connectivity index (χ2n) is 2.76. The van der Waals surface area contributed by atoms with Gasteiger partial charge in [0.2, 0.25) is 0 Å². The zero-order valence-corrected chi connectivity index (χ0v) is 7.74. The van der Waals surface area contributed by atoms with Gasteiger partial charge < -0.3 is 16.3 Å². The van der Waals surface area contributed by atoms with Crippen molar-refractivity contribution in [2.75, 3.05) is 6.54 Å². The van der Waals surface area contributed by atoms with E-state index >= 15 is 0 Å². The number of hydrogen-bond acceptors (Lipinski definition) is 3. The first-order chi connectivity index (χ1) is 4.66. The van der Waals surface area contributed by atoms with Crippen molar-refractivity contribution in [3.8, 4) is 0 Å². The van der Waals surface area contributed by atoms with E-state index in [-0.39, 0.29) is 65.2 Å². The fourth-order valence-corrected chi connectivity index (χ4v) is 1.72. The first-order valence-electron chi connectivity index (χ1n) is 3.80. The van der Waals surface area contributed by atoms with E-state index in [1.165, 1.54) is 0 Å². The van der Waals surface area contributed by atoms with Crippen LogP contribution in [0.25, 0.3) is 0 Å². The molecular weight excluding hydrogens is 190 g/mol. The van der Waals surface area contributed by atoms with Crippen LogP contribution in [0.3, 0.4) is 0 Å². The number of hydrogen-bond donors (Lipinski definition) is 3. The Kier molecular flexibility index (Phi) is 21.4. The van der Waals surface area contributed by atoms with Crippen LogP contribution < -0.4 is 11.5 Å². The van der Waals surface area contributed by atoms with Crippen LogP contribution in [0.5, 0.6) is 0 Å². The fraction of sp³-hybridized carbons (Fsp3) is 1.00. The second kappa shape index (κ2) is 13.1. The van der Waals surface area contributed by atoms with E-state index in [2.05, 4.69) is 0 Å². The third kappa shape index (κ3) is 14.6. The van der Waals surface area contributed by atoms with Crippen LogP contribution in [0.2, 0.25) is 12.6 Å². The molecule has 0 saturated carbocycles. The fourth-order valence-electron chi connectivity index (χ4n) is 0.814. The Morgan fingerprint density at radius 2 is 1.83 bits per heavy atom. The van der Waals surface area contributed by atoms with Gasteiger partial charge in [-0.25, -0.2) is 0 Å². The average Bonchev–Trinajstić information content (AvgIpc) is 1.85. The van der Waals surface area contributed by atoms with Crippen LogP contribution in [0.1, 0.15) is 12.8 Å². The molecule has 0 radical (unpaired) electrons. The Hall–Kier alpha value is 2.10. The monoisotopic (exact) mass is 210 g/mol. The Labute approximate surface area is 121 Å². The number of rotatable bonds is 5. The summed E-state index contributed by atoms with van der Waals surface area (Å²) in [6.07, 6.45) is 1.81. The van der Waals surface area contributed by atoms with E-state index in [4.69, 9.17) is 16.3 Å². The van der Waals surface area contributed by atoms with Gasteiger partial charge in [-0.1, -0.05) is 0 Å². The van der Waals surface area contributed by atoms with Crippen molar-refractivity contribution in [3.05, 3.63) is 0 Å². The van der Waals surface area contributed by atoms with Gasteiger partial charge in [0.05, 0.1) is 0 Å². The summed E-state index contributed by atoms with van der Waals surface area (Å²) < 4.78 is 0. The van der Waals surface area contributed by atoms with E-state index in [0.717, 1.165) is 18.9 Å². The molecule has 0 fully saturated rings. The van der Waals surface area contributed by atoms with Gasteiger partial charge in [0.1, 0.15) is 0 Å². The van der Waals surface area contributed by atoms with Gasteiger partial charge in [0, 0.05) is 6.04 Å². The van der Waals surface area contributed by atoms with Crippen LogP contribution in [0.15, 0.2) is 0 Å². The van der Waals surface area contributed by atoms with E-state index in [0.29, 0.717) is 6.54 Å². The maximum atomic E-state index is 9.02. The summed E-state index contributed by atoms with van der Waals surface area (Å²) >= 11 is 0. The quantitative estimate of drug-likeness (QED) is 0.464. The van der Waals surface area contributed by atoms with Gasteiger partial charge in [-0.15, -0.1) is 0 Å². The normalized spacial score (nSPS) is 14.0. The minimum absolute atomic E-state index is 0. The van der Waals surface area contributed by atoms with Gasteiger partial charge in [0.25, 0.3) is 0 Å². The minimum atomic E-state index is -1.37. The molecule has 0 aromatic rings. The zero-order chi connectivity index (χ0) is 7.98. The first-order valence-corrected chi connectivity index (χ1v) is 6.29. The van der Waals surface area contributed by atoms with Gasteiger partial charge in [-0.05, 0) is 32.0 Å². The zero-order valence-electron chi connectivity index (χ0n) is 6.59. The van der Waals surface area contributed by atoms with Crippen LogP contribution in [0, 0.1) is 0 Å². The molecule has 0 rings (SSSR count). The van der Waals surface area contributed by atoms with Crippen molar-refractivity contribution in [2.24, 2.45) is 11.5 Å². The maximum absolute atomic E-state index is 9.02. The molecular formula is C6H20N2Na2OSi. The predicted octanol–water partition coefficient (Wildman–Crippen LogP) is -1.90. The van der Waals surface area contributed by atoms with Crippen LogP contribution in [0.4, 0.5) is 0 Å². The molecule has 0 amide bonds. The van der Waals surface area contributed by atoms with E-state index in [9.17, 15) is 0 Å². The summed E-state index contributed by atoms with van der Waals surface area (Å²) in [5.41, 5.74) is 11.0. The van der Waals surface area contributed by atoms with Crippen LogP contribution in [-0.4, -0.2) is 85.5 Å². The Morgan fingerprint density at radius 3 is 2.17 bits per heavy atom. The molecule has 6 heteroatoms. The van der Waals surface area contributed by atoms with E-state index in [1.807, 2.05) is 6.55 Å².